The van der Waals surface area contributed by atoms with E-state index in [1.807, 2.05) is 19.1 Å². The molecule has 0 radical (unpaired) electrons. The summed E-state index contributed by atoms with van der Waals surface area (Å²) in [4.78, 5) is 2.17. The molecule has 3 heterocycles. The van der Waals surface area contributed by atoms with Gasteiger partial charge in [-0.2, -0.15) is 5.10 Å². The molecule has 1 N–H and O–H groups in total. The minimum atomic E-state index is -2.95. The Morgan fingerprint density at radius 3 is 2.95 bits per heavy atom. The summed E-state index contributed by atoms with van der Waals surface area (Å²) in [6.45, 7) is 5.72. The molecule has 2 aromatic heterocycles. The fourth-order valence-electron chi connectivity index (χ4n) is 2.73. The molecule has 1 fully saturated rings. The average Bonchev–Trinajstić information content (AvgIpc) is 3.07. The monoisotopic (exact) mass is 323 g/mol. The molecule has 1 aliphatic rings. The van der Waals surface area contributed by atoms with Crippen molar-refractivity contribution in [2.24, 2.45) is 0 Å². The lowest BCUT2D eigenvalue weighted by Gasteiger charge is -2.18. The molecule has 22 heavy (non-hydrogen) atoms. The number of aryl methyl sites for hydroxylation is 1. The summed E-state index contributed by atoms with van der Waals surface area (Å²) in [6, 6.07) is 3.83. The smallest absolute Gasteiger partial charge is 0.154 e. The number of furan rings is 1. The van der Waals surface area contributed by atoms with Crippen molar-refractivity contribution in [3.05, 3.63) is 29.7 Å². The number of aromatic nitrogens is 2. The van der Waals surface area contributed by atoms with Crippen molar-refractivity contribution >= 4 is 9.84 Å². The summed E-state index contributed by atoms with van der Waals surface area (Å²) >= 11 is 0. The fourth-order valence-corrected chi connectivity index (χ4v) is 4.11. The number of hydrogen-bond acceptors (Lipinski definition) is 5. The van der Waals surface area contributed by atoms with Crippen LogP contribution in [0.5, 0.6) is 0 Å². The van der Waals surface area contributed by atoms with Gasteiger partial charge in [-0.1, -0.05) is 0 Å². The van der Waals surface area contributed by atoms with Gasteiger partial charge in [0, 0.05) is 18.7 Å². The Morgan fingerprint density at radius 2 is 2.23 bits per heavy atom. The van der Waals surface area contributed by atoms with Crippen molar-refractivity contribution in [3.63, 3.8) is 0 Å². The third-order valence-electron chi connectivity index (χ3n) is 4.26. The second-order valence-electron chi connectivity index (χ2n) is 5.92. The first kappa shape index (κ1) is 15.3. The van der Waals surface area contributed by atoms with Crippen LogP contribution in [0.4, 0.5) is 0 Å². The highest BCUT2D eigenvalue weighted by atomic mass is 32.2. The maximum absolute atomic E-state index is 12.0. The zero-order chi connectivity index (χ0) is 15.7. The first-order valence-corrected chi connectivity index (χ1v) is 9.20. The van der Waals surface area contributed by atoms with E-state index in [9.17, 15) is 8.42 Å². The van der Waals surface area contributed by atoms with Crippen LogP contribution in [0, 0.1) is 6.92 Å². The summed E-state index contributed by atoms with van der Waals surface area (Å²) in [5, 5.41) is 6.83. The Labute approximate surface area is 130 Å². The molecule has 0 aromatic carbocycles. The van der Waals surface area contributed by atoms with Gasteiger partial charge < -0.3 is 4.42 Å². The molecule has 1 aliphatic heterocycles. The molecule has 2 aromatic rings. The third-order valence-corrected chi connectivity index (χ3v) is 6.47. The van der Waals surface area contributed by atoms with Crippen molar-refractivity contribution in [2.45, 2.75) is 32.1 Å². The van der Waals surface area contributed by atoms with Gasteiger partial charge in [0.25, 0.3) is 0 Å². The van der Waals surface area contributed by atoms with Crippen LogP contribution in [-0.2, 0) is 16.4 Å². The van der Waals surface area contributed by atoms with Gasteiger partial charge >= 0.3 is 0 Å². The Morgan fingerprint density at radius 1 is 1.41 bits per heavy atom. The largest absolute Gasteiger partial charge is 0.460 e. The van der Waals surface area contributed by atoms with E-state index in [2.05, 4.69) is 15.1 Å². The third kappa shape index (κ3) is 3.10. The lowest BCUT2D eigenvalue weighted by Crippen LogP contribution is -2.26. The molecule has 1 atom stereocenters. The maximum Gasteiger partial charge on any atom is 0.154 e. The molecule has 0 aliphatic carbocycles. The number of aromatic amines is 1. The molecule has 3 rings (SSSR count). The molecule has 1 saturated heterocycles. The van der Waals surface area contributed by atoms with E-state index in [0.29, 0.717) is 19.5 Å². The van der Waals surface area contributed by atoms with Crippen LogP contribution in [0.2, 0.25) is 0 Å². The van der Waals surface area contributed by atoms with Crippen molar-refractivity contribution in [2.75, 3.05) is 18.8 Å². The van der Waals surface area contributed by atoms with Gasteiger partial charge in [-0.15, -0.1) is 0 Å². The molecule has 6 nitrogen and oxygen atoms in total. The van der Waals surface area contributed by atoms with E-state index in [1.54, 1.807) is 13.1 Å². The number of nitrogens with one attached hydrogen (secondary N) is 1. The quantitative estimate of drug-likeness (QED) is 0.934. The van der Waals surface area contributed by atoms with Gasteiger partial charge in [-0.3, -0.25) is 10.00 Å². The van der Waals surface area contributed by atoms with Crippen LogP contribution in [0.1, 0.15) is 24.7 Å². The van der Waals surface area contributed by atoms with E-state index >= 15 is 0 Å². The van der Waals surface area contributed by atoms with E-state index in [1.165, 1.54) is 0 Å². The molecule has 7 heteroatoms. The predicted molar refractivity (Wildman–Crippen MR) is 84.2 cm³/mol. The minimum Gasteiger partial charge on any atom is -0.460 e. The molecular formula is C15H21N3O3S. The number of H-pyrrole nitrogens is 1. The standard InChI is InChI=1S/C15H21N3O3S/c1-11-3-4-14(21-11)15-13(9-16-17-15)10-18-6-5-12(2)22(19,20)8-7-18/h3-4,9,12H,5-8,10H2,1-2H3,(H,16,17)/t12-/m0/s1. The topological polar surface area (TPSA) is 79.2 Å². The van der Waals surface area contributed by atoms with Gasteiger partial charge in [-0.25, -0.2) is 8.42 Å². The lowest BCUT2D eigenvalue weighted by molar-refractivity contribution is 0.284. The summed E-state index contributed by atoms with van der Waals surface area (Å²) in [6.07, 6.45) is 2.46. The van der Waals surface area contributed by atoms with Crippen LogP contribution in [0.25, 0.3) is 11.5 Å². The summed E-state index contributed by atoms with van der Waals surface area (Å²) in [5.41, 5.74) is 1.90. The number of rotatable bonds is 3. The Hall–Kier alpha value is -1.60. The minimum absolute atomic E-state index is 0.223. The highest BCUT2D eigenvalue weighted by Crippen LogP contribution is 2.25. The van der Waals surface area contributed by atoms with Crippen LogP contribution in [0.15, 0.2) is 22.7 Å². The zero-order valence-electron chi connectivity index (χ0n) is 12.9. The summed E-state index contributed by atoms with van der Waals surface area (Å²) in [5.74, 6) is 1.84. The molecule has 0 unspecified atom stereocenters. The van der Waals surface area contributed by atoms with E-state index < -0.39 is 9.84 Å². The molecule has 0 amide bonds. The van der Waals surface area contributed by atoms with Gasteiger partial charge in [0.1, 0.15) is 11.5 Å². The maximum atomic E-state index is 12.0. The van der Waals surface area contributed by atoms with Gasteiger partial charge in [-0.05, 0) is 38.9 Å². The Kier molecular flexibility index (Phi) is 4.10. The van der Waals surface area contributed by atoms with Crippen LogP contribution in [0.3, 0.4) is 0 Å². The van der Waals surface area contributed by atoms with Crippen molar-refractivity contribution < 1.29 is 12.8 Å². The summed E-state index contributed by atoms with van der Waals surface area (Å²) < 4.78 is 29.6. The SMILES string of the molecule is Cc1ccc(-c2[nH]ncc2CN2CC[C@H](C)S(=O)(=O)CC2)o1. The number of nitrogens with zero attached hydrogens (tertiary/aromatic N) is 2. The van der Waals surface area contributed by atoms with Crippen LogP contribution in [-0.4, -0.2) is 47.6 Å². The Bertz CT molecular complexity index is 748. The second kappa shape index (κ2) is 5.89. The average molecular weight is 323 g/mol. The molecule has 0 bridgehead atoms. The summed E-state index contributed by atoms with van der Waals surface area (Å²) in [7, 11) is -2.95. The second-order valence-corrected chi connectivity index (χ2v) is 8.46. The molecular weight excluding hydrogens is 302 g/mol. The van der Waals surface area contributed by atoms with Crippen molar-refractivity contribution in [1.29, 1.82) is 0 Å². The number of hydrogen-bond donors (Lipinski definition) is 1. The van der Waals surface area contributed by atoms with Crippen LogP contribution < -0.4 is 0 Å². The number of sulfone groups is 1. The highest BCUT2D eigenvalue weighted by molar-refractivity contribution is 7.92. The van der Waals surface area contributed by atoms with E-state index in [4.69, 9.17) is 4.42 Å². The molecule has 0 saturated carbocycles. The first-order valence-electron chi connectivity index (χ1n) is 7.48. The van der Waals surface area contributed by atoms with Crippen molar-refractivity contribution in [3.8, 4) is 11.5 Å². The highest BCUT2D eigenvalue weighted by Gasteiger charge is 2.26. The molecule has 120 valence electrons. The zero-order valence-corrected chi connectivity index (χ0v) is 13.7. The fraction of sp³-hybridized carbons (Fsp3) is 0.533. The Balaban J connectivity index is 1.76. The van der Waals surface area contributed by atoms with Crippen molar-refractivity contribution in [1.82, 2.24) is 15.1 Å². The predicted octanol–water partition coefficient (Wildman–Crippen LogP) is 1.99. The van der Waals surface area contributed by atoms with E-state index in [-0.39, 0.29) is 11.0 Å². The van der Waals surface area contributed by atoms with Gasteiger partial charge in [0.15, 0.2) is 15.6 Å². The van der Waals surface area contributed by atoms with Crippen LogP contribution >= 0.6 is 0 Å². The van der Waals surface area contributed by atoms with Gasteiger partial charge in [0.05, 0.1) is 17.2 Å². The van der Waals surface area contributed by atoms with Gasteiger partial charge in [0.2, 0.25) is 0 Å². The first-order chi connectivity index (χ1) is 10.5. The van der Waals surface area contributed by atoms with E-state index in [0.717, 1.165) is 29.3 Å². The normalized spacial score (nSPS) is 22.5. The molecule has 0 spiro atoms. The lowest BCUT2D eigenvalue weighted by atomic mass is 10.2.